The predicted octanol–water partition coefficient (Wildman–Crippen LogP) is 4.38. The van der Waals surface area contributed by atoms with Gasteiger partial charge in [-0.25, -0.2) is 0 Å². The summed E-state index contributed by atoms with van der Waals surface area (Å²) < 4.78 is 16.8. The van der Waals surface area contributed by atoms with Crippen LogP contribution in [0.15, 0.2) is 52.1 Å². The molecule has 0 radical (unpaired) electrons. The van der Waals surface area contributed by atoms with E-state index in [1.807, 2.05) is 42.5 Å². The molecule has 0 saturated carbocycles. The van der Waals surface area contributed by atoms with Crippen molar-refractivity contribution >= 4 is 23.4 Å². The standard InChI is InChI=1S/C18H15ClN2O3S/c19-14-8-13(9-15-17(14)23-7-6-22-15)11-25-18-21-20-16(24-18)10-12-4-2-1-3-5-12/h1-5,8-9H,6-7,10-11H2. The highest BCUT2D eigenvalue weighted by Crippen LogP contribution is 2.39. The van der Waals surface area contributed by atoms with Gasteiger partial charge in [0.15, 0.2) is 11.5 Å². The molecule has 3 aromatic rings. The number of rotatable bonds is 5. The monoisotopic (exact) mass is 374 g/mol. The molecule has 0 amide bonds. The maximum absolute atomic E-state index is 6.26. The van der Waals surface area contributed by atoms with Crippen LogP contribution in [0.3, 0.4) is 0 Å². The van der Waals surface area contributed by atoms with Crippen LogP contribution in [0, 0.1) is 0 Å². The molecule has 1 aliphatic rings. The molecule has 0 fully saturated rings. The third kappa shape index (κ3) is 3.91. The van der Waals surface area contributed by atoms with Gasteiger partial charge in [-0.1, -0.05) is 53.7 Å². The molecule has 25 heavy (non-hydrogen) atoms. The zero-order valence-electron chi connectivity index (χ0n) is 13.3. The second-order valence-electron chi connectivity index (χ2n) is 5.51. The molecule has 1 aromatic heterocycles. The van der Waals surface area contributed by atoms with Crippen LogP contribution < -0.4 is 9.47 Å². The van der Waals surface area contributed by atoms with Crippen molar-refractivity contribution in [1.29, 1.82) is 0 Å². The van der Waals surface area contributed by atoms with Crippen molar-refractivity contribution in [3.05, 3.63) is 64.5 Å². The van der Waals surface area contributed by atoms with Crippen molar-refractivity contribution in [2.24, 2.45) is 0 Å². The van der Waals surface area contributed by atoms with Crippen LogP contribution >= 0.6 is 23.4 Å². The van der Waals surface area contributed by atoms with Gasteiger partial charge in [0.1, 0.15) is 13.2 Å². The molecule has 0 spiro atoms. The molecular formula is C18H15ClN2O3S. The fourth-order valence-electron chi connectivity index (χ4n) is 2.53. The summed E-state index contributed by atoms with van der Waals surface area (Å²) in [6.07, 6.45) is 0.629. The van der Waals surface area contributed by atoms with Gasteiger partial charge in [-0.2, -0.15) is 0 Å². The first-order valence-corrected chi connectivity index (χ1v) is 9.21. The molecule has 128 valence electrons. The van der Waals surface area contributed by atoms with E-state index in [-0.39, 0.29) is 0 Å². The Morgan fingerprint density at radius 3 is 2.72 bits per heavy atom. The van der Waals surface area contributed by atoms with Gasteiger partial charge in [-0.3, -0.25) is 0 Å². The fourth-order valence-corrected chi connectivity index (χ4v) is 3.53. The third-order valence-corrected chi connectivity index (χ3v) is 4.84. The first-order valence-electron chi connectivity index (χ1n) is 7.85. The van der Waals surface area contributed by atoms with E-state index in [1.54, 1.807) is 0 Å². The molecule has 0 N–H and O–H groups in total. The Kier molecular flexibility index (Phi) is 4.81. The number of hydrogen-bond acceptors (Lipinski definition) is 6. The van der Waals surface area contributed by atoms with Crippen molar-refractivity contribution in [3.63, 3.8) is 0 Å². The van der Waals surface area contributed by atoms with E-state index >= 15 is 0 Å². The van der Waals surface area contributed by atoms with Gasteiger partial charge in [-0.05, 0) is 23.3 Å². The van der Waals surface area contributed by atoms with E-state index in [9.17, 15) is 0 Å². The summed E-state index contributed by atoms with van der Waals surface area (Å²) in [7, 11) is 0. The first kappa shape index (κ1) is 16.3. The minimum Gasteiger partial charge on any atom is -0.486 e. The molecule has 0 bridgehead atoms. The van der Waals surface area contributed by atoms with Crippen molar-refractivity contribution in [1.82, 2.24) is 10.2 Å². The Hall–Kier alpha value is -2.18. The van der Waals surface area contributed by atoms with Gasteiger partial charge in [0.05, 0.1) is 11.4 Å². The number of benzene rings is 2. The third-order valence-electron chi connectivity index (χ3n) is 3.67. The smallest absolute Gasteiger partial charge is 0.276 e. The zero-order valence-corrected chi connectivity index (χ0v) is 14.8. The van der Waals surface area contributed by atoms with Crippen LogP contribution in [0.2, 0.25) is 5.02 Å². The molecule has 1 aliphatic heterocycles. The summed E-state index contributed by atoms with van der Waals surface area (Å²) in [6.45, 7) is 1.05. The Balaban J connectivity index is 1.41. The highest BCUT2D eigenvalue weighted by molar-refractivity contribution is 7.98. The Bertz CT molecular complexity index is 870. The lowest BCUT2D eigenvalue weighted by Crippen LogP contribution is -2.15. The van der Waals surface area contributed by atoms with Crippen LogP contribution in [0.5, 0.6) is 11.5 Å². The summed E-state index contributed by atoms with van der Waals surface area (Å²) in [4.78, 5) is 0. The molecule has 2 heterocycles. The molecule has 0 atom stereocenters. The zero-order chi connectivity index (χ0) is 17.1. The largest absolute Gasteiger partial charge is 0.486 e. The number of ether oxygens (including phenoxy) is 2. The molecule has 7 heteroatoms. The van der Waals surface area contributed by atoms with E-state index < -0.39 is 0 Å². The van der Waals surface area contributed by atoms with E-state index in [1.165, 1.54) is 11.8 Å². The molecule has 0 aliphatic carbocycles. The van der Waals surface area contributed by atoms with Crippen LogP contribution in [-0.2, 0) is 12.2 Å². The molecule has 4 rings (SSSR count). The van der Waals surface area contributed by atoms with Crippen molar-refractivity contribution < 1.29 is 13.9 Å². The van der Waals surface area contributed by atoms with E-state index in [0.29, 0.717) is 53.0 Å². The molecular weight excluding hydrogens is 360 g/mol. The van der Waals surface area contributed by atoms with Crippen molar-refractivity contribution in [2.45, 2.75) is 17.4 Å². The SMILES string of the molecule is Clc1cc(CSc2nnc(Cc3ccccc3)o2)cc2c1OCCO2. The summed E-state index contributed by atoms with van der Waals surface area (Å²) in [5, 5.41) is 9.30. The van der Waals surface area contributed by atoms with Crippen LogP contribution in [0.1, 0.15) is 17.0 Å². The lowest BCUT2D eigenvalue weighted by atomic mass is 10.2. The minimum absolute atomic E-state index is 0.521. The maximum atomic E-state index is 6.26. The Morgan fingerprint density at radius 1 is 1.00 bits per heavy atom. The Labute approximate surface area is 154 Å². The summed E-state index contributed by atoms with van der Waals surface area (Å²) >= 11 is 7.73. The van der Waals surface area contributed by atoms with Gasteiger partial charge in [0.2, 0.25) is 5.89 Å². The van der Waals surface area contributed by atoms with E-state index in [4.69, 9.17) is 25.5 Å². The van der Waals surface area contributed by atoms with Gasteiger partial charge in [0, 0.05) is 5.75 Å². The quantitative estimate of drug-likeness (QED) is 0.618. The summed E-state index contributed by atoms with van der Waals surface area (Å²) in [5.41, 5.74) is 2.16. The first-order chi connectivity index (χ1) is 12.3. The fraction of sp³-hybridized carbons (Fsp3) is 0.222. The topological polar surface area (TPSA) is 57.4 Å². The lowest BCUT2D eigenvalue weighted by molar-refractivity contribution is 0.171. The summed E-state index contributed by atoms with van der Waals surface area (Å²) in [6, 6.07) is 13.9. The van der Waals surface area contributed by atoms with Crippen LogP contribution in [-0.4, -0.2) is 23.4 Å². The predicted molar refractivity (Wildman–Crippen MR) is 95.5 cm³/mol. The van der Waals surface area contributed by atoms with Gasteiger partial charge in [0.25, 0.3) is 5.22 Å². The number of thioether (sulfide) groups is 1. The maximum Gasteiger partial charge on any atom is 0.276 e. The Morgan fingerprint density at radius 2 is 1.84 bits per heavy atom. The molecule has 0 unspecified atom stereocenters. The summed E-state index contributed by atoms with van der Waals surface area (Å²) in [5.74, 6) is 2.56. The van der Waals surface area contributed by atoms with Gasteiger partial charge in [-0.15, -0.1) is 10.2 Å². The van der Waals surface area contributed by atoms with Crippen molar-refractivity contribution in [3.8, 4) is 11.5 Å². The second-order valence-corrected chi connectivity index (χ2v) is 6.85. The van der Waals surface area contributed by atoms with Gasteiger partial charge < -0.3 is 13.9 Å². The second kappa shape index (κ2) is 7.37. The van der Waals surface area contributed by atoms with E-state index in [0.717, 1.165) is 11.1 Å². The average molecular weight is 375 g/mol. The van der Waals surface area contributed by atoms with Crippen molar-refractivity contribution in [2.75, 3.05) is 13.2 Å². The number of fused-ring (bicyclic) bond motifs is 1. The average Bonchev–Trinajstić information content (AvgIpc) is 3.08. The highest BCUT2D eigenvalue weighted by atomic mass is 35.5. The molecule has 5 nitrogen and oxygen atoms in total. The van der Waals surface area contributed by atoms with E-state index in [2.05, 4.69) is 10.2 Å². The van der Waals surface area contributed by atoms with Gasteiger partial charge >= 0.3 is 0 Å². The molecule has 2 aromatic carbocycles. The lowest BCUT2D eigenvalue weighted by Gasteiger charge is -2.20. The highest BCUT2D eigenvalue weighted by Gasteiger charge is 2.17. The van der Waals surface area contributed by atoms with Crippen LogP contribution in [0.4, 0.5) is 0 Å². The number of nitrogens with zero attached hydrogens (tertiary/aromatic N) is 2. The number of aromatic nitrogens is 2. The number of hydrogen-bond donors (Lipinski definition) is 0. The normalized spacial score (nSPS) is 13.0. The number of halogens is 1. The molecule has 0 saturated heterocycles. The minimum atomic E-state index is 0.521. The van der Waals surface area contributed by atoms with Crippen LogP contribution in [0.25, 0.3) is 0 Å².